The second-order valence-electron chi connectivity index (χ2n) is 6.41. The third-order valence-electron chi connectivity index (χ3n) is 5.08. The van der Waals surface area contributed by atoms with Gasteiger partial charge in [0.25, 0.3) is 0 Å². The first kappa shape index (κ1) is 15.2. The Kier molecular flexibility index (Phi) is 3.37. The summed E-state index contributed by atoms with van der Waals surface area (Å²) in [5, 5.41) is 10.5. The monoisotopic (exact) mass is 325 g/mol. The van der Waals surface area contributed by atoms with Crippen molar-refractivity contribution in [1.82, 2.24) is 4.98 Å². The van der Waals surface area contributed by atoms with Gasteiger partial charge in [-0.2, -0.15) is 0 Å². The molecule has 0 amide bonds. The number of fused-ring (bicyclic) bond motifs is 3. The number of rotatable bonds is 1. The SMILES string of the molecule is C/C=C1\CO[C@H](O)[C@]2(C)c3c([nH]cc(-c4ccccc4)c3=O)O[C@H]12. The molecule has 0 unspecified atom stereocenters. The maximum absolute atomic E-state index is 13.2. The second kappa shape index (κ2) is 5.33. The highest BCUT2D eigenvalue weighted by Crippen LogP contribution is 2.48. The van der Waals surface area contributed by atoms with E-state index in [2.05, 4.69) is 4.98 Å². The van der Waals surface area contributed by atoms with E-state index in [1.807, 2.05) is 50.3 Å². The molecule has 0 saturated carbocycles. The highest BCUT2D eigenvalue weighted by molar-refractivity contribution is 5.65. The zero-order chi connectivity index (χ0) is 16.9. The Labute approximate surface area is 139 Å². The van der Waals surface area contributed by atoms with Crippen molar-refractivity contribution in [1.29, 1.82) is 0 Å². The van der Waals surface area contributed by atoms with E-state index in [0.29, 0.717) is 23.6 Å². The van der Waals surface area contributed by atoms with E-state index in [9.17, 15) is 9.90 Å². The van der Waals surface area contributed by atoms with Crippen LogP contribution in [0.2, 0.25) is 0 Å². The molecule has 5 nitrogen and oxygen atoms in total. The molecular formula is C19H19NO4. The summed E-state index contributed by atoms with van der Waals surface area (Å²) in [6, 6.07) is 9.46. The lowest BCUT2D eigenvalue weighted by Gasteiger charge is -2.39. The van der Waals surface area contributed by atoms with Crippen molar-refractivity contribution < 1.29 is 14.6 Å². The van der Waals surface area contributed by atoms with Crippen molar-refractivity contribution in [2.45, 2.75) is 31.7 Å². The number of aliphatic hydroxyl groups excluding tert-OH is 1. The van der Waals surface area contributed by atoms with E-state index in [1.165, 1.54) is 0 Å². The fourth-order valence-electron chi connectivity index (χ4n) is 3.67. The molecule has 1 fully saturated rings. The van der Waals surface area contributed by atoms with Crippen LogP contribution in [0.25, 0.3) is 11.1 Å². The topological polar surface area (TPSA) is 71.5 Å². The first-order valence-electron chi connectivity index (χ1n) is 8.00. The van der Waals surface area contributed by atoms with Crippen molar-refractivity contribution in [3.8, 4) is 17.0 Å². The molecular weight excluding hydrogens is 306 g/mol. The van der Waals surface area contributed by atoms with E-state index in [1.54, 1.807) is 6.20 Å². The largest absolute Gasteiger partial charge is 0.470 e. The van der Waals surface area contributed by atoms with Gasteiger partial charge in [-0.25, -0.2) is 0 Å². The summed E-state index contributed by atoms with van der Waals surface area (Å²) >= 11 is 0. The number of aromatic nitrogens is 1. The van der Waals surface area contributed by atoms with Crippen LogP contribution in [0.15, 0.2) is 53.0 Å². The van der Waals surface area contributed by atoms with Gasteiger partial charge in [0.05, 0.1) is 17.6 Å². The standard InChI is InChI=1S/C19H19NO4/c1-3-11-10-23-18(22)19(2)14-15(21)13(12-7-5-4-6-8-12)9-20-17(14)24-16(11)19/h3-9,16,18,22H,10H2,1-2H3,(H,20,21)/b11-3+/t16-,18+,19-/m1/s1. The zero-order valence-corrected chi connectivity index (χ0v) is 13.6. The van der Waals surface area contributed by atoms with Crippen molar-refractivity contribution in [2.24, 2.45) is 0 Å². The molecule has 3 atom stereocenters. The highest BCUT2D eigenvalue weighted by atomic mass is 16.6. The van der Waals surface area contributed by atoms with Crippen LogP contribution in [-0.2, 0) is 10.2 Å². The summed E-state index contributed by atoms with van der Waals surface area (Å²) < 4.78 is 11.5. The quantitative estimate of drug-likeness (QED) is 0.790. The minimum absolute atomic E-state index is 0.139. The van der Waals surface area contributed by atoms with Gasteiger partial charge in [0.2, 0.25) is 0 Å². The number of nitrogens with one attached hydrogen (secondary N) is 1. The Morgan fingerprint density at radius 3 is 2.79 bits per heavy atom. The van der Waals surface area contributed by atoms with Gasteiger partial charge < -0.3 is 19.6 Å². The zero-order valence-electron chi connectivity index (χ0n) is 13.6. The number of hydrogen-bond acceptors (Lipinski definition) is 4. The van der Waals surface area contributed by atoms with Gasteiger partial charge in [-0.15, -0.1) is 0 Å². The minimum Gasteiger partial charge on any atom is -0.470 e. The van der Waals surface area contributed by atoms with Crippen molar-refractivity contribution >= 4 is 0 Å². The van der Waals surface area contributed by atoms with Crippen LogP contribution < -0.4 is 10.2 Å². The number of allylic oxidation sites excluding steroid dienone is 1. The van der Waals surface area contributed by atoms with E-state index in [-0.39, 0.29) is 5.43 Å². The third kappa shape index (κ3) is 1.92. The Hall–Kier alpha value is -2.37. The molecule has 2 aliphatic heterocycles. The first-order valence-corrected chi connectivity index (χ1v) is 8.00. The summed E-state index contributed by atoms with van der Waals surface area (Å²) in [7, 11) is 0. The number of H-pyrrole nitrogens is 1. The molecule has 1 saturated heterocycles. The molecule has 124 valence electrons. The van der Waals surface area contributed by atoms with Crippen LogP contribution in [-0.4, -0.2) is 29.1 Å². The fourth-order valence-corrected chi connectivity index (χ4v) is 3.67. The Morgan fingerprint density at radius 1 is 1.33 bits per heavy atom. The molecule has 0 radical (unpaired) electrons. The van der Waals surface area contributed by atoms with Crippen LogP contribution in [0.1, 0.15) is 19.4 Å². The average molecular weight is 325 g/mol. The highest BCUT2D eigenvalue weighted by Gasteiger charge is 2.57. The minimum atomic E-state index is -1.10. The van der Waals surface area contributed by atoms with Crippen LogP contribution in [0.4, 0.5) is 0 Å². The molecule has 24 heavy (non-hydrogen) atoms. The van der Waals surface area contributed by atoms with Crippen molar-refractivity contribution in [2.75, 3.05) is 6.61 Å². The fraction of sp³-hybridized carbons (Fsp3) is 0.316. The number of aliphatic hydroxyl groups is 1. The van der Waals surface area contributed by atoms with Gasteiger partial charge in [0.1, 0.15) is 6.10 Å². The lowest BCUT2D eigenvalue weighted by atomic mass is 9.74. The molecule has 2 N–H and O–H groups in total. The van der Waals surface area contributed by atoms with Crippen molar-refractivity contribution in [3.63, 3.8) is 0 Å². The van der Waals surface area contributed by atoms with E-state index >= 15 is 0 Å². The normalized spacial score (nSPS) is 29.9. The first-order chi connectivity index (χ1) is 11.6. The average Bonchev–Trinajstić information content (AvgIpc) is 2.92. The molecule has 2 aromatic rings. The Morgan fingerprint density at radius 2 is 2.08 bits per heavy atom. The Bertz CT molecular complexity index is 871. The predicted molar refractivity (Wildman–Crippen MR) is 90.0 cm³/mol. The maximum Gasteiger partial charge on any atom is 0.199 e. The summed E-state index contributed by atoms with van der Waals surface area (Å²) in [6.45, 7) is 4.02. The van der Waals surface area contributed by atoms with E-state index in [4.69, 9.17) is 9.47 Å². The summed E-state index contributed by atoms with van der Waals surface area (Å²) in [6.07, 6.45) is 2.08. The summed E-state index contributed by atoms with van der Waals surface area (Å²) in [5.74, 6) is 0.413. The van der Waals surface area contributed by atoms with E-state index < -0.39 is 17.8 Å². The lowest BCUT2D eigenvalue weighted by molar-refractivity contribution is -0.170. The number of ether oxygens (including phenoxy) is 2. The number of benzene rings is 1. The van der Waals surface area contributed by atoms with Crippen LogP contribution in [0.5, 0.6) is 5.88 Å². The van der Waals surface area contributed by atoms with Gasteiger partial charge in [-0.3, -0.25) is 4.79 Å². The second-order valence-corrected chi connectivity index (χ2v) is 6.41. The number of aromatic amines is 1. The molecule has 2 aliphatic rings. The molecule has 1 aromatic carbocycles. The van der Waals surface area contributed by atoms with Gasteiger partial charge >= 0.3 is 0 Å². The molecule has 4 rings (SSSR count). The molecule has 0 bridgehead atoms. The maximum atomic E-state index is 13.2. The number of hydrogen-bond donors (Lipinski definition) is 2. The molecule has 0 spiro atoms. The van der Waals surface area contributed by atoms with Gasteiger partial charge in [-0.1, -0.05) is 36.4 Å². The van der Waals surface area contributed by atoms with Crippen molar-refractivity contribution in [3.05, 3.63) is 64.0 Å². The van der Waals surface area contributed by atoms with Crippen LogP contribution >= 0.6 is 0 Å². The molecule has 0 aliphatic carbocycles. The van der Waals surface area contributed by atoms with E-state index in [0.717, 1.165) is 11.1 Å². The predicted octanol–water partition coefficient (Wildman–Crippen LogP) is 2.36. The molecule has 5 heteroatoms. The van der Waals surface area contributed by atoms with Crippen LogP contribution in [0, 0.1) is 0 Å². The number of pyridine rings is 1. The molecule has 1 aromatic heterocycles. The van der Waals surface area contributed by atoms with Gasteiger partial charge in [-0.05, 0) is 25.0 Å². The third-order valence-corrected chi connectivity index (χ3v) is 5.08. The van der Waals surface area contributed by atoms with Gasteiger partial charge in [0, 0.05) is 11.8 Å². The summed E-state index contributed by atoms with van der Waals surface area (Å²) in [5.41, 5.74) is 1.67. The van der Waals surface area contributed by atoms with Gasteiger partial charge in [0.15, 0.2) is 17.6 Å². The molecule has 3 heterocycles. The smallest absolute Gasteiger partial charge is 0.199 e. The lowest BCUT2D eigenvalue weighted by Crippen LogP contribution is -2.54. The summed E-state index contributed by atoms with van der Waals surface area (Å²) in [4.78, 5) is 16.3. The Balaban J connectivity index is 1.93. The van der Waals surface area contributed by atoms with Crippen LogP contribution in [0.3, 0.4) is 0 Å².